The molecule has 11 nitrogen and oxygen atoms in total. The lowest BCUT2D eigenvalue weighted by Crippen LogP contribution is -2.29. The number of ether oxygens (including phenoxy) is 2. The zero-order valence-electron chi connectivity index (χ0n) is 34.3. The van der Waals surface area contributed by atoms with Crippen molar-refractivity contribution < 1.29 is 52.6 Å². The number of phosphoric ester groups is 1. The van der Waals surface area contributed by atoms with Crippen molar-refractivity contribution in [2.75, 3.05) is 26.4 Å². The SMILES string of the molecule is CCCCC/C=C\C/C=C\C/C=C\C=C\C(=O)CCCC(=O)OC[C@H](COP(=O)(O)OC[C@@H](O)CO)OC(=O)CCCCCCC/C=C\C/C=C\CCCCC. The first-order valence-electron chi connectivity index (χ1n) is 20.8. The number of aliphatic hydroxyl groups excluding tert-OH is 2. The molecule has 0 heterocycles. The molecule has 3 atom stereocenters. The van der Waals surface area contributed by atoms with Crippen LogP contribution in [0.3, 0.4) is 0 Å². The molecule has 0 aromatic rings. The number of hydrogen-bond donors (Lipinski definition) is 3. The number of unbranched alkanes of at least 4 members (excludes halogenated alkanes) is 11. The molecule has 0 aromatic carbocycles. The van der Waals surface area contributed by atoms with Crippen molar-refractivity contribution in [3.05, 3.63) is 72.9 Å². The Bertz CT molecular complexity index is 1220. The van der Waals surface area contributed by atoms with E-state index >= 15 is 0 Å². The third-order valence-electron chi connectivity index (χ3n) is 8.31. The van der Waals surface area contributed by atoms with Gasteiger partial charge in [-0.25, -0.2) is 4.57 Å². The van der Waals surface area contributed by atoms with E-state index in [2.05, 4.69) is 67.0 Å². The average molecular weight is 809 g/mol. The van der Waals surface area contributed by atoms with Gasteiger partial charge in [0.2, 0.25) is 0 Å². The van der Waals surface area contributed by atoms with E-state index in [1.807, 2.05) is 12.2 Å². The molecule has 0 rings (SSSR count). The predicted molar refractivity (Wildman–Crippen MR) is 224 cm³/mol. The van der Waals surface area contributed by atoms with Gasteiger partial charge in [0.1, 0.15) is 12.7 Å². The summed E-state index contributed by atoms with van der Waals surface area (Å²) in [6.07, 6.45) is 40.1. The largest absolute Gasteiger partial charge is 0.472 e. The van der Waals surface area contributed by atoms with E-state index in [1.165, 1.54) is 44.6 Å². The molecule has 0 bridgehead atoms. The number of ketones is 1. The minimum absolute atomic E-state index is 0.0542. The van der Waals surface area contributed by atoms with Crippen LogP contribution in [0.5, 0.6) is 0 Å². The molecule has 0 aliphatic heterocycles. The summed E-state index contributed by atoms with van der Waals surface area (Å²) in [5.74, 6) is -1.34. The van der Waals surface area contributed by atoms with Crippen LogP contribution in [0.4, 0.5) is 0 Å². The monoisotopic (exact) mass is 808 g/mol. The van der Waals surface area contributed by atoms with Crippen molar-refractivity contribution in [2.24, 2.45) is 0 Å². The summed E-state index contributed by atoms with van der Waals surface area (Å²) in [5.41, 5.74) is 0. The van der Waals surface area contributed by atoms with Gasteiger partial charge in [0, 0.05) is 19.3 Å². The first-order chi connectivity index (χ1) is 27.1. The molecule has 0 aromatic heterocycles. The minimum Gasteiger partial charge on any atom is -0.462 e. The Labute approximate surface area is 337 Å². The number of phosphoric acid groups is 1. The topological polar surface area (TPSA) is 166 Å². The third-order valence-corrected chi connectivity index (χ3v) is 9.26. The van der Waals surface area contributed by atoms with Crippen LogP contribution in [-0.2, 0) is 37.5 Å². The fourth-order valence-corrected chi connectivity index (χ4v) is 5.82. The van der Waals surface area contributed by atoms with E-state index in [0.29, 0.717) is 6.42 Å². The first kappa shape index (κ1) is 53.1. The molecule has 0 aliphatic rings. The van der Waals surface area contributed by atoms with Crippen molar-refractivity contribution in [2.45, 2.75) is 161 Å². The molecule has 56 heavy (non-hydrogen) atoms. The zero-order valence-corrected chi connectivity index (χ0v) is 35.2. The Hall–Kier alpha value is -2.92. The molecule has 320 valence electrons. The number of carbonyl (C=O) groups is 3. The average Bonchev–Trinajstić information content (AvgIpc) is 3.18. The summed E-state index contributed by atoms with van der Waals surface area (Å²) in [6.45, 7) is 2.01. The maximum Gasteiger partial charge on any atom is 0.472 e. The lowest BCUT2D eigenvalue weighted by Gasteiger charge is -2.20. The van der Waals surface area contributed by atoms with Crippen LogP contribution in [0.2, 0.25) is 0 Å². The van der Waals surface area contributed by atoms with Gasteiger partial charge in [-0.2, -0.15) is 0 Å². The summed E-state index contributed by atoms with van der Waals surface area (Å²) in [7, 11) is -4.68. The predicted octanol–water partition coefficient (Wildman–Crippen LogP) is 10.1. The summed E-state index contributed by atoms with van der Waals surface area (Å²) in [6, 6.07) is 0. The number of carbonyl (C=O) groups excluding carboxylic acids is 3. The van der Waals surface area contributed by atoms with Crippen molar-refractivity contribution >= 4 is 25.5 Å². The van der Waals surface area contributed by atoms with E-state index in [4.69, 9.17) is 19.1 Å². The number of aliphatic hydroxyl groups is 2. The standard InChI is InChI=1S/C44H73O11P/c1-3-5-7-9-11-13-15-17-18-20-22-24-26-28-30-34-44(49)55-42(39-54-56(50,51)53-37-41(47)36-45)38-52-43(48)35-31-33-40(46)32-29-27-25-23-21-19-16-14-12-10-8-6-4-2/h11-14,17-19,21,25,27,29,32,41-42,45,47H,3-10,15-16,20,22-24,26,28,30-31,33-39H2,1-2H3,(H,50,51)/b13-11-,14-12-,18-17-,21-19-,27-25-,32-29+/t41-,42+/m0/s1. The van der Waals surface area contributed by atoms with Crippen molar-refractivity contribution in [3.63, 3.8) is 0 Å². The molecule has 0 spiro atoms. The maximum atomic E-state index is 12.6. The summed E-state index contributed by atoms with van der Waals surface area (Å²) in [5, 5.41) is 18.3. The van der Waals surface area contributed by atoms with Crippen LogP contribution in [-0.4, -0.2) is 71.5 Å². The summed E-state index contributed by atoms with van der Waals surface area (Å²) < 4.78 is 32.4. The van der Waals surface area contributed by atoms with Gasteiger partial charge in [0.15, 0.2) is 11.9 Å². The summed E-state index contributed by atoms with van der Waals surface area (Å²) >= 11 is 0. The Morgan fingerprint density at radius 3 is 1.71 bits per heavy atom. The van der Waals surface area contributed by atoms with Gasteiger partial charge < -0.3 is 24.6 Å². The van der Waals surface area contributed by atoms with Crippen LogP contribution >= 0.6 is 7.82 Å². The zero-order chi connectivity index (χ0) is 41.4. The highest BCUT2D eigenvalue weighted by molar-refractivity contribution is 7.47. The molecule has 1 unspecified atom stereocenters. The first-order valence-corrected chi connectivity index (χ1v) is 22.3. The highest BCUT2D eigenvalue weighted by atomic mass is 31.2. The molecule has 0 aliphatic carbocycles. The summed E-state index contributed by atoms with van der Waals surface area (Å²) in [4.78, 5) is 47.1. The Morgan fingerprint density at radius 2 is 1.11 bits per heavy atom. The quantitative estimate of drug-likeness (QED) is 0.0136. The van der Waals surface area contributed by atoms with Gasteiger partial charge in [-0.3, -0.25) is 23.4 Å². The third kappa shape index (κ3) is 38.0. The van der Waals surface area contributed by atoms with E-state index in [1.54, 1.807) is 6.08 Å². The Kier molecular flexibility index (Phi) is 36.9. The molecule has 0 amide bonds. The van der Waals surface area contributed by atoms with Crippen LogP contribution in [0, 0.1) is 0 Å². The van der Waals surface area contributed by atoms with E-state index in [9.17, 15) is 28.9 Å². The number of hydrogen-bond acceptors (Lipinski definition) is 10. The molecule has 3 N–H and O–H groups in total. The van der Waals surface area contributed by atoms with Gasteiger partial charge in [-0.05, 0) is 76.7 Å². The van der Waals surface area contributed by atoms with Gasteiger partial charge in [-0.15, -0.1) is 0 Å². The van der Waals surface area contributed by atoms with Gasteiger partial charge in [-0.1, -0.05) is 126 Å². The maximum absolute atomic E-state index is 12.6. The van der Waals surface area contributed by atoms with Gasteiger partial charge in [0.05, 0.1) is 19.8 Å². The van der Waals surface area contributed by atoms with Crippen molar-refractivity contribution in [1.29, 1.82) is 0 Å². The van der Waals surface area contributed by atoms with Crippen molar-refractivity contribution in [1.82, 2.24) is 0 Å². The second-order valence-electron chi connectivity index (χ2n) is 13.7. The second kappa shape index (κ2) is 38.9. The molecular formula is C44H73O11P. The molecule has 0 fully saturated rings. The van der Waals surface area contributed by atoms with Gasteiger partial charge in [0.25, 0.3) is 0 Å². The number of allylic oxidation sites excluding steroid dienone is 12. The molecule has 0 saturated carbocycles. The van der Waals surface area contributed by atoms with Crippen LogP contribution < -0.4 is 0 Å². The molecule has 12 heteroatoms. The number of esters is 2. The van der Waals surface area contributed by atoms with Crippen molar-refractivity contribution in [3.8, 4) is 0 Å². The second-order valence-corrected chi connectivity index (χ2v) is 15.1. The van der Waals surface area contributed by atoms with E-state index < -0.39 is 58.4 Å². The lowest BCUT2D eigenvalue weighted by atomic mass is 10.1. The minimum atomic E-state index is -4.68. The fraction of sp³-hybridized carbons (Fsp3) is 0.659. The van der Waals surface area contributed by atoms with Gasteiger partial charge >= 0.3 is 19.8 Å². The fourth-order valence-electron chi connectivity index (χ4n) is 5.03. The van der Waals surface area contributed by atoms with Crippen LogP contribution in [0.15, 0.2) is 72.9 Å². The molecule has 0 radical (unpaired) electrons. The Balaban J connectivity index is 4.56. The Morgan fingerprint density at radius 1 is 0.589 bits per heavy atom. The molecular weight excluding hydrogens is 735 g/mol. The van der Waals surface area contributed by atoms with E-state index in [0.717, 1.165) is 64.2 Å². The number of rotatable bonds is 38. The lowest BCUT2D eigenvalue weighted by molar-refractivity contribution is -0.161. The molecule has 0 saturated heterocycles. The highest BCUT2D eigenvalue weighted by Gasteiger charge is 2.27. The smallest absolute Gasteiger partial charge is 0.462 e. The van der Waals surface area contributed by atoms with Crippen LogP contribution in [0.1, 0.15) is 149 Å². The highest BCUT2D eigenvalue weighted by Crippen LogP contribution is 2.43. The van der Waals surface area contributed by atoms with Crippen LogP contribution in [0.25, 0.3) is 0 Å². The van der Waals surface area contributed by atoms with E-state index in [-0.39, 0.29) is 31.5 Å². The normalized spacial score (nSPS) is 14.5.